The van der Waals surface area contributed by atoms with Gasteiger partial charge in [0.1, 0.15) is 17.3 Å². The zero-order valence-electron chi connectivity index (χ0n) is 10.9. The Morgan fingerprint density at radius 1 is 1.29 bits per heavy atom. The molecule has 0 unspecified atom stereocenters. The smallest absolute Gasteiger partial charge is 0.158 e. The number of halogens is 3. The molecule has 2 aromatic heterocycles. The van der Waals surface area contributed by atoms with Gasteiger partial charge in [0.2, 0.25) is 0 Å². The van der Waals surface area contributed by atoms with Crippen LogP contribution < -0.4 is 10.5 Å². The van der Waals surface area contributed by atoms with Gasteiger partial charge in [-0.25, -0.2) is 4.98 Å². The second kappa shape index (κ2) is 5.40. The maximum atomic E-state index is 6.19. The molecule has 7 heteroatoms. The van der Waals surface area contributed by atoms with Crippen molar-refractivity contribution >= 4 is 50.6 Å². The number of pyridine rings is 1. The summed E-state index contributed by atoms with van der Waals surface area (Å²) >= 11 is 15.6. The molecule has 0 saturated heterocycles. The van der Waals surface area contributed by atoms with E-state index in [1.54, 1.807) is 23.8 Å². The second-order valence-corrected chi connectivity index (χ2v) is 6.15. The van der Waals surface area contributed by atoms with Gasteiger partial charge in [0.15, 0.2) is 5.65 Å². The van der Waals surface area contributed by atoms with Crippen molar-refractivity contribution in [1.82, 2.24) is 9.38 Å². The molecule has 0 atom stereocenters. The van der Waals surface area contributed by atoms with Gasteiger partial charge < -0.3 is 10.5 Å². The summed E-state index contributed by atoms with van der Waals surface area (Å²) in [5, 5.41) is 0.929. The Morgan fingerprint density at radius 3 is 2.76 bits per heavy atom. The largest absolute Gasteiger partial charge is 0.496 e. The molecule has 2 N–H and O–H groups in total. The number of nitrogens with zero attached hydrogens (tertiary/aromatic N) is 2. The Hall–Kier alpha value is -1.43. The molecule has 3 aromatic rings. The second-order valence-electron chi connectivity index (χ2n) is 4.39. The van der Waals surface area contributed by atoms with Crippen molar-refractivity contribution in [3.8, 4) is 17.0 Å². The normalized spacial score (nSPS) is 11.0. The number of methoxy groups -OCH3 is 1. The highest BCUT2D eigenvalue weighted by molar-refractivity contribution is 9.10. The van der Waals surface area contributed by atoms with Crippen molar-refractivity contribution < 1.29 is 4.74 Å². The summed E-state index contributed by atoms with van der Waals surface area (Å²) in [4.78, 5) is 4.52. The van der Waals surface area contributed by atoms with Gasteiger partial charge in [-0.3, -0.25) is 4.40 Å². The number of rotatable bonds is 2. The van der Waals surface area contributed by atoms with E-state index in [1.807, 2.05) is 18.2 Å². The molecule has 0 aliphatic carbocycles. The van der Waals surface area contributed by atoms with Crippen molar-refractivity contribution in [2.45, 2.75) is 0 Å². The maximum absolute atomic E-state index is 6.19. The Bertz CT molecular complexity index is 848. The summed E-state index contributed by atoms with van der Waals surface area (Å²) in [6, 6.07) is 7.26. The summed E-state index contributed by atoms with van der Waals surface area (Å²) < 4.78 is 7.94. The van der Waals surface area contributed by atoms with Crippen LogP contribution in [-0.2, 0) is 0 Å². The number of imidazole rings is 1. The zero-order valence-corrected chi connectivity index (χ0v) is 14.0. The molecule has 3 rings (SSSR count). The van der Waals surface area contributed by atoms with E-state index >= 15 is 0 Å². The SMILES string of the molecule is COc1ccc(Br)cc1-c1nc2c(Cl)cc(Cl)cn2c1N. The topological polar surface area (TPSA) is 52.5 Å². The van der Waals surface area contributed by atoms with Crippen LogP contribution >= 0.6 is 39.1 Å². The molecule has 0 radical (unpaired) electrons. The number of nitrogen functional groups attached to an aromatic ring is 1. The molecule has 108 valence electrons. The average Bonchev–Trinajstić information content (AvgIpc) is 2.77. The number of hydrogen-bond donors (Lipinski definition) is 1. The van der Waals surface area contributed by atoms with Gasteiger partial charge in [-0.05, 0) is 24.3 Å². The van der Waals surface area contributed by atoms with Gasteiger partial charge in [0.25, 0.3) is 0 Å². The van der Waals surface area contributed by atoms with Crippen LogP contribution in [0.3, 0.4) is 0 Å². The average molecular weight is 387 g/mol. The molecule has 1 aromatic carbocycles. The first kappa shape index (κ1) is 14.5. The van der Waals surface area contributed by atoms with Crippen molar-refractivity contribution in [3.63, 3.8) is 0 Å². The summed E-state index contributed by atoms with van der Waals surface area (Å²) in [6.45, 7) is 0. The van der Waals surface area contributed by atoms with Crippen LogP contribution in [0.15, 0.2) is 34.9 Å². The third kappa shape index (κ3) is 2.46. The van der Waals surface area contributed by atoms with E-state index < -0.39 is 0 Å². The number of hydrogen-bond acceptors (Lipinski definition) is 3. The van der Waals surface area contributed by atoms with E-state index in [-0.39, 0.29) is 0 Å². The van der Waals surface area contributed by atoms with Crippen LogP contribution in [0.2, 0.25) is 10.0 Å². The Morgan fingerprint density at radius 2 is 2.05 bits per heavy atom. The minimum Gasteiger partial charge on any atom is -0.496 e. The van der Waals surface area contributed by atoms with Crippen molar-refractivity contribution in [2.75, 3.05) is 12.8 Å². The van der Waals surface area contributed by atoms with Gasteiger partial charge in [0, 0.05) is 16.2 Å². The summed E-state index contributed by atoms with van der Waals surface area (Å²) in [5.74, 6) is 1.13. The number of ether oxygens (including phenoxy) is 1. The van der Waals surface area contributed by atoms with Gasteiger partial charge in [-0.1, -0.05) is 39.1 Å². The van der Waals surface area contributed by atoms with Gasteiger partial charge >= 0.3 is 0 Å². The summed E-state index contributed by atoms with van der Waals surface area (Å²) in [7, 11) is 1.60. The minimum absolute atomic E-state index is 0.439. The lowest BCUT2D eigenvalue weighted by atomic mass is 10.1. The standard InChI is InChI=1S/C14H10BrCl2N3O/c1-21-11-3-2-7(15)4-9(11)12-13(18)20-6-8(16)5-10(17)14(20)19-12/h2-6H,18H2,1H3. The molecular formula is C14H10BrCl2N3O. The van der Waals surface area contributed by atoms with Crippen LogP contribution in [0.5, 0.6) is 5.75 Å². The first-order valence-corrected chi connectivity index (χ1v) is 7.52. The van der Waals surface area contributed by atoms with Crippen LogP contribution in [0.4, 0.5) is 5.82 Å². The molecule has 4 nitrogen and oxygen atoms in total. The Kier molecular flexibility index (Phi) is 3.73. The van der Waals surface area contributed by atoms with E-state index in [9.17, 15) is 0 Å². The Balaban J connectivity index is 2.34. The molecule has 0 amide bonds. The summed E-state index contributed by atoms with van der Waals surface area (Å²) in [6.07, 6.45) is 1.68. The highest BCUT2D eigenvalue weighted by Crippen LogP contribution is 2.37. The van der Waals surface area contributed by atoms with Crippen LogP contribution in [0.25, 0.3) is 16.9 Å². The highest BCUT2D eigenvalue weighted by Gasteiger charge is 2.17. The predicted octanol–water partition coefficient (Wildman–Crippen LogP) is 4.66. The van der Waals surface area contributed by atoms with Gasteiger partial charge in [-0.15, -0.1) is 0 Å². The number of benzene rings is 1. The molecule has 0 aliphatic heterocycles. The first-order valence-electron chi connectivity index (χ1n) is 5.97. The van der Waals surface area contributed by atoms with Crippen molar-refractivity contribution in [2.24, 2.45) is 0 Å². The molecule has 21 heavy (non-hydrogen) atoms. The van der Waals surface area contributed by atoms with Crippen LogP contribution in [-0.4, -0.2) is 16.5 Å². The lowest BCUT2D eigenvalue weighted by Crippen LogP contribution is -1.95. The quantitative estimate of drug-likeness (QED) is 0.696. The van der Waals surface area contributed by atoms with E-state index in [2.05, 4.69) is 20.9 Å². The number of anilines is 1. The lowest BCUT2D eigenvalue weighted by molar-refractivity contribution is 0.416. The highest BCUT2D eigenvalue weighted by atomic mass is 79.9. The number of fused-ring (bicyclic) bond motifs is 1. The monoisotopic (exact) mass is 385 g/mol. The van der Waals surface area contributed by atoms with Gasteiger partial charge in [0.05, 0.1) is 17.2 Å². The van der Waals surface area contributed by atoms with E-state index in [0.717, 1.165) is 10.0 Å². The van der Waals surface area contributed by atoms with E-state index in [1.165, 1.54) is 0 Å². The fourth-order valence-electron chi connectivity index (χ4n) is 2.15. The molecule has 0 fully saturated rings. The molecule has 0 bridgehead atoms. The molecule has 0 aliphatic rings. The van der Waals surface area contributed by atoms with Crippen LogP contribution in [0, 0.1) is 0 Å². The van der Waals surface area contributed by atoms with Crippen LogP contribution in [0.1, 0.15) is 0 Å². The summed E-state index contributed by atoms with van der Waals surface area (Å²) in [5.41, 5.74) is 8.12. The zero-order chi connectivity index (χ0) is 15.1. The maximum Gasteiger partial charge on any atom is 0.158 e. The molecule has 2 heterocycles. The third-order valence-corrected chi connectivity index (χ3v) is 4.07. The van der Waals surface area contributed by atoms with Crippen molar-refractivity contribution in [1.29, 1.82) is 0 Å². The fourth-order valence-corrected chi connectivity index (χ4v) is 3.03. The minimum atomic E-state index is 0.439. The van der Waals surface area contributed by atoms with Gasteiger partial charge in [-0.2, -0.15) is 0 Å². The van der Waals surface area contributed by atoms with E-state index in [0.29, 0.717) is 33.0 Å². The van der Waals surface area contributed by atoms with Crippen molar-refractivity contribution in [3.05, 3.63) is 45.0 Å². The lowest BCUT2D eigenvalue weighted by Gasteiger charge is -2.07. The third-order valence-electron chi connectivity index (χ3n) is 3.10. The number of aromatic nitrogens is 2. The van der Waals surface area contributed by atoms with E-state index in [4.69, 9.17) is 33.7 Å². The molecule has 0 saturated carbocycles. The Labute approximate surface area is 139 Å². The predicted molar refractivity (Wildman–Crippen MR) is 89.3 cm³/mol. The fraction of sp³-hybridized carbons (Fsp3) is 0.0714. The first-order chi connectivity index (χ1) is 10.0. The molecular weight excluding hydrogens is 377 g/mol. The molecule has 0 spiro atoms. The number of nitrogens with two attached hydrogens (primary N) is 1.